The van der Waals surface area contributed by atoms with Crippen molar-refractivity contribution >= 4 is 50.7 Å². The lowest BCUT2D eigenvalue weighted by atomic mass is 9.95. The Hall–Kier alpha value is -3.07. The molecule has 2 amide bonds. The highest BCUT2D eigenvalue weighted by molar-refractivity contribution is 7.92. The van der Waals surface area contributed by atoms with Gasteiger partial charge in [-0.1, -0.05) is 85.8 Å². The SMILES string of the molecule is CC[C@@H](C(=O)NC1CCCCC1)N(Cc1ccc(Cl)cc1)C(=O)CN(c1cccc(Cl)c1C)S(=O)(=O)c1ccccc1. The third-order valence-electron chi connectivity index (χ3n) is 7.72. The third-order valence-corrected chi connectivity index (χ3v) is 10.2. The van der Waals surface area contributed by atoms with Gasteiger partial charge in [0.2, 0.25) is 11.8 Å². The van der Waals surface area contributed by atoms with Crippen LogP contribution in [0.5, 0.6) is 0 Å². The van der Waals surface area contributed by atoms with Crippen LogP contribution in [0.3, 0.4) is 0 Å². The van der Waals surface area contributed by atoms with E-state index in [9.17, 15) is 18.0 Å². The number of benzene rings is 3. The van der Waals surface area contributed by atoms with Gasteiger partial charge in [0.15, 0.2) is 0 Å². The topological polar surface area (TPSA) is 86.8 Å². The Labute approximate surface area is 258 Å². The maximum atomic E-state index is 14.3. The van der Waals surface area contributed by atoms with Crippen molar-refractivity contribution in [1.29, 1.82) is 0 Å². The second-order valence-electron chi connectivity index (χ2n) is 10.6. The van der Waals surface area contributed by atoms with E-state index < -0.39 is 28.5 Å². The molecule has 0 saturated heterocycles. The molecule has 3 aromatic carbocycles. The van der Waals surface area contributed by atoms with Crippen molar-refractivity contribution in [3.8, 4) is 0 Å². The zero-order valence-corrected chi connectivity index (χ0v) is 26.3. The first-order valence-electron chi connectivity index (χ1n) is 14.3. The number of anilines is 1. The van der Waals surface area contributed by atoms with Crippen molar-refractivity contribution in [1.82, 2.24) is 10.2 Å². The van der Waals surface area contributed by atoms with Gasteiger partial charge in [0.05, 0.1) is 10.6 Å². The summed E-state index contributed by atoms with van der Waals surface area (Å²) in [5.74, 6) is -0.738. The fourth-order valence-electron chi connectivity index (χ4n) is 5.35. The van der Waals surface area contributed by atoms with E-state index in [-0.39, 0.29) is 23.4 Å². The quantitative estimate of drug-likeness (QED) is 0.254. The summed E-state index contributed by atoms with van der Waals surface area (Å²) in [7, 11) is -4.17. The van der Waals surface area contributed by atoms with Crippen LogP contribution in [-0.2, 0) is 26.2 Å². The molecule has 0 unspecified atom stereocenters. The molecule has 0 heterocycles. The lowest BCUT2D eigenvalue weighted by Crippen LogP contribution is -2.54. The first-order chi connectivity index (χ1) is 20.1. The molecule has 224 valence electrons. The summed E-state index contributed by atoms with van der Waals surface area (Å²) < 4.78 is 29.1. The van der Waals surface area contributed by atoms with Crippen LogP contribution in [0.15, 0.2) is 77.7 Å². The highest BCUT2D eigenvalue weighted by Crippen LogP contribution is 2.31. The Morgan fingerprint density at radius 1 is 0.929 bits per heavy atom. The molecule has 0 spiro atoms. The number of carbonyl (C=O) groups excluding carboxylic acids is 2. The molecule has 7 nitrogen and oxygen atoms in total. The number of carbonyl (C=O) groups is 2. The van der Waals surface area contributed by atoms with Crippen molar-refractivity contribution < 1.29 is 18.0 Å². The monoisotopic (exact) mass is 629 g/mol. The molecule has 0 bridgehead atoms. The molecule has 0 aliphatic heterocycles. The maximum Gasteiger partial charge on any atom is 0.264 e. The van der Waals surface area contributed by atoms with Crippen molar-refractivity contribution in [3.63, 3.8) is 0 Å². The standard InChI is InChI=1S/C32H37Cl2N3O4S/c1-3-29(32(39)35-26-11-6-4-7-12-26)36(21-24-17-19-25(33)20-18-24)31(38)22-37(30-16-10-15-28(34)23(30)2)42(40,41)27-13-8-5-9-14-27/h5,8-10,13-20,26,29H,3-4,6-7,11-12,21-22H2,1-2H3,(H,35,39)/t29-/m0/s1. The minimum Gasteiger partial charge on any atom is -0.352 e. The van der Waals surface area contributed by atoms with Crippen LogP contribution in [0, 0.1) is 6.92 Å². The molecule has 3 aromatic rings. The number of hydrogen-bond donors (Lipinski definition) is 1. The van der Waals surface area contributed by atoms with Crippen LogP contribution in [0.25, 0.3) is 0 Å². The normalized spacial score (nSPS) is 14.7. The van der Waals surface area contributed by atoms with Crippen LogP contribution < -0.4 is 9.62 Å². The molecule has 10 heteroatoms. The van der Waals surface area contributed by atoms with E-state index in [0.29, 0.717) is 27.7 Å². The van der Waals surface area contributed by atoms with Crippen molar-refractivity contribution in [3.05, 3.63) is 94.0 Å². The first-order valence-corrected chi connectivity index (χ1v) is 16.5. The summed E-state index contributed by atoms with van der Waals surface area (Å²) in [4.78, 5) is 29.4. The second kappa shape index (κ2) is 14.4. The summed E-state index contributed by atoms with van der Waals surface area (Å²) in [5.41, 5.74) is 1.59. The molecule has 42 heavy (non-hydrogen) atoms. The fourth-order valence-corrected chi connectivity index (χ4v) is 7.14. The molecule has 0 aromatic heterocycles. The largest absolute Gasteiger partial charge is 0.352 e. The minimum atomic E-state index is -4.17. The molecule has 4 rings (SSSR count). The van der Waals surface area contributed by atoms with Gasteiger partial charge >= 0.3 is 0 Å². The van der Waals surface area contributed by atoms with Crippen LogP contribution in [0.1, 0.15) is 56.6 Å². The number of sulfonamides is 1. The Bertz CT molecular complexity index is 1480. The van der Waals surface area contributed by atoms with Gasteiger partial charge in [-0.15, -0.1) is 0 Å². The van der Waals surface area contributed by atoms with E-state index in [1.165, 1.54) is 17.0 Å². The van der Waals surface area contributed by atoms with E-state index in [4.69, 9.17) is 23.2 Å². The Morgan fingerprint density at radius 2 is 1.60 bits per heavy atom. The average Bonchev–Trinajstić information content (AvgIpc) is 2.99. The van der Waals surface area contributed by atoms with Gasteiger partial charge in [0.25, 0.3) is 10.0 Å². The van der Waals surface area contributed by atoms with Crippen molar-refractivity contribution in [2.75, 3.05) is 10.8 Å². The summed E-state index contributed by atoms with van der Waals surface area (Å²) in [6, 6.07) is 19.3. The van der Waals surface area contributed by atoms with E-state index >= 15 is 0 Å². The highest BCUT2D eigenvalue weighted by Gasteiger charge is 2.35. The van der Waals surface area contributed by atoms with Crippen molar-refractivity contribution in [2.45, 2.75) is 75.9 Å². The molecular weight excluding hydrogens is 593 g/mol. The molecule has 1 fully saturated rings. The van der Waals surface area contributed by atoms with Crippen LogP contribution in [-0.4, -0.2) is 43.8 Å². The molecule has 1 aliphatic rings. The molecule has 1 saturated carbocycles. The Morgan fingerprint density at radius 3 is 2.24 bits per heavy atom. The predicted molar refractivity (Wildman–Crippen MR) is 168 cm³/mol. The summed E-state index contributed by atoms with van der Waals surface area (Å²) in [6.45, 7) is 3.17. The Balaban J connectivity index is 1.72. The highest BCUT2D eigenvalue weighted by atomic mass is 35.5. The first kappa shape index (κ1) is 31.9. The smallest absolute Gasteiger partial charge is 0.264 e. The number of nitrogens with zero attached hydrogens (tertiary/aromatic N) is 2. The zero-order valence-electron chi connectivity index (χ0n) is 23.9. The minimum absolute atomic E-state index is 0.0449. The predicted octanol–water partition coefficient (Wildman–Crippen LogP) is 6.75. The van der Waals surface area contributed by atoms with Gasteiger partial charge in [-0.2, -0.15) is 0 Å². The van der Waals surface area contributed by atoms with Gasteiger partial charge in [-0.3, -0.25) is 13.9 Å². The summed E-state index contributed by atoms with van der Waals surface area (Å²) in [5, 5.41) is 4.08. The summed E-state index contributed by atoms with van der Waals surface area (Å²) in [6.07, 6.45) is 5.44. The van der Waals surface area contributed by atoms with Crippen LogP contribution in [0.4, 0.5) is 5.69 Å². The van der Waals surface area contributed by atoms with Crippen LogP contribution in [0.2, 0.25) is 10.0 Å². The molecule has 1 aliphatic carbocycles. The third kappa shape index (κ3) is 7.65. The lowest BCUT2D eigenvalue weighted by molar-refractivity contribution is -0.140. The maximum absolute atomic E-state index is 14.3. The molecular formula is C32H37Cl2N3O4S. The van der Waals surface area contributed by atoms with Gasteiger partial charge in [0, 0.05) is 22.6 Å². The Kier molecular flexibility index (Phi) is 10.9. The average molecular weight is 631 g/mol. The van der Waals surface area contributed by atoms with E-state index in [1.807, 2.05) is 6.92 Å². The number of nitrogens with one attached hydrogen (secondary N) is 1. The zero-order chi connectivity index (χ0) is 30.3. The number of hydrogen-bond acceptors (Lipinski definition) is 4. The lowest BCUT2D eigenvalue weighted by Gasteiger charge is -2.34. The van der Waals surface area contributed by atoms with Crippen LogP contribution >= 0.6 is 23.2 Å². The van der Waals surface area contributed by atoms with Gasteiger partial charge in [-0.05, 0) is 73.7 Å². The fraction of sp³-hybridized carbons (Fsp3) is 0.375. The molecule has 1 N–H and O–H groups in total. The molecule has 0 radical (unpaired) electrons. The van der Waals surface area contributed by atoms with E-state index in [2.05, 4.69) is 5.32 Å². The number of amides is 2. The number of halogens is 2. The van der Waals surface area contributed by atoms with E-state index in [0.717, 1.165) is 42.0 Å². The second-order valence-corrected chi connectivity index (χ2v) is 13.3. The van der Waals surface area contributed by atoms with Gasteiger partial charge in [-0.25, -0.2) is 8.42 Å². The molecule has 1 atom stereocenters. The van der Waals surface area contributed by atoms with Gasteiger partial charge < -0.3 is 10.2 Å². The summed E-state index contributed by atoms with van der Waals surface area (Å²) >= 11 is 12.5. The van der Waals surface area contributed by atoms with E-state index in [1.54, 1.807) is 67.6 Å². The van der Waals surface area contributed by atoms with Gasteiger partial charge in [0.1, 0.15) is 12.6 Å². The number of rotatable bonds is 11. The van der Waals surface area contributed by atoms with Crippen molar-refractivity contribution in [2.24, 2.45) is 0 Å².